The van der Waals surface area contributed by atoms with Crippen LogP contribution in [-0.2, 0) is 13.0 Å². The molecule has 0 bridgehead atoms. The number of carbonyl (C=O) groups excluding carboxylic acids is 1. The number of nitrogens with one attached hydrogen (secondary N) is 1. The summed E-state index contributed by atoms with van der Waals surface area (Å²) < 4.78 is 6.12. The molecule has 0 spiro atoms. The van der Waals surface area contributed by atoms with E-state index in [0.29, 0.717) is 12.0 Å². The number of aromatic amines is 1. The Kier molecular flexibility index (Phi) is 3.27. The summed E-state index contributed by atoms with van der Waals surface area (Å²) in [5, 5.41) is 0. The van der Waals surface area contributed by atoms with Gasteiger partial charge in [0.25, 0.3) is 5.56 Å². The number of ketones is 1. The Bertz CT molecular complexity index is 664. The predicted molar refractivity (Wildman–Crippen MR) is 63.7 cm³/mol. The van der Waals surface area contributed by atoms with Crippen LogP contribution < -0.4 is 11.2 Å². The molecule has 0 unspecified atom stereocenters. The maximum absolute atomic E-state index is 11.8. The zero-order chi connectivity index (χ0) is 13.1. The average Bonchev–Trinajstić information content (AvgIpc) is 2.86. The van der Waals surface area contributed by atoms with E-state index in [1.807, 2.05) is 0 Å². The third-order valence-electron chi connectivity index (χ3n) is 2.58. The van der Waals surface area contributed by atoms with Gasteiger partial charge < -0.3 is 4.42 Å². The fourth-order valence-corrected chi connectivity index (χ4v) is 1.59. The molecule has 0 aliphatic heterocycles. The molecular formula is C12H12N2O4. The number of aromatic nitrogens is 2. The maximum atomic E-state index is 11.8. The molecule has 6 nitrogen and oxygen atoms in total. The van der Waals surface area contributed by atoms with Crippen molar-refractivity contribution in [2.75, 3.05) is 0 Å². The van der Waals surface area contributed by atoms with E-state index < -0.39 is 11.2 Å². The van der Waals surface area contributed by atoms with E-state index in [-0.39, 0.29) is 18.1 Å². The van der Waals surface area contributed by atoms with E-state index >= 15 is 0 Å². The van der Waals surface area contributed by atoms with Crippen molar-refractivity contribution in [2.45, 2.75) is 19.9 Å². The molecule has 0 aliphatic rings. The Morgan fingerprint density at radius 1 is 1.44 bits per heavy atom. The lowest BCUT2D eigenvalue weighted by Gasteiger charge is -2.04. The van der Waals surface area contributed by atoms with E-state index in [2.05, 4.69) is 4.98 Å². The van der Waals surface area contributed by atoms with Gasteiger partial charge in [0.1, 0.15) is 0 Å². The van der Waals surface area contributed by atoms with E-state index in [9.17, 15) is 14.4 Å². The van der Waals surface area contributed by atoms with Crippen LogP contribution in [0.25, 0.3) is 0 Å². The highest BCUT2D eigenvalue weighted by molar-refractivity contribution is 5.93. The van der Waals surface area contributed by atoms with Crippen molar-refractivity contribution in [1.29, 1.82) is 0 Å². The van der Waals surface area contributed by atoms with Crippen LogP contribution in [-0.4, -0.2) is 15.3 Å². The second-order valence-corrected chi connectivity index (χ2v) is 3.80. The molecule has 18 heavy (non-hydrogen) atoms. The number of nitrogens with zero attached hydrogens (tertiary/aromatic N) is 1. The topological polar surface area (TPSA) is 85.1 Å². The molecule has 2 aromatic heterocycles. The van der Waals surface area contributed by atoms with Crippen LogP contribution in [0.5, 0.6) is 0 Å². The molecule has 0 saturated heterocycles. The van der Waals surface area contributed by atoms with Gasteiger partial charge in [-0.2, -0.15) is 0 Å². The van der Waals surface area contributed by atoms with Crippen molar-refractivity contribution >= 4 is 5.78 Å². The molecule has 0 fully saturated rings. The number of H-pyrrole nitrogens is 1. The first-order valence-corrected chi connectivity index (χ1v) is 5.51. The Hall–Kier alpha value is -2.37. The number of rotatable bonds is 4. The van der Waals surface area contributed by atoms with E-state index in [1.54, 1.807) is 13.0 Å². The van der Waals surface area contributed by atoms with Crippen LogP contribution in [0, 0.1) is 0 Å². The zero-order valence-corrected chi connectivity index (χ0v) is 9.80. The normalized spacial score (nSPS) is 10.5. The van der Waals surface area contributed by atoms with Crippen molar-refractivity contribution in [3.63, 3.8) is 0 Å². The van der Waals surface area contributed by atoms with Crippen LogP contribution in [0.1, 0.15) is 23.0 Å². The molecule has 6 heteroatoms. The molecule has 1 N–H and O–H groups in total. The third kappa shape index (κ3) is 2.32. The zero-order valence-electron chi connectivity index (χ0n) is 9.80. The smallest absolute Gasteiger partial charge is 0.328 e. The van der Waals surface area contributed by atoms with Crippen LogP contribution in [0.3, 0.4) is 0 Å². The minimum atomic E-state index is -0.600. The third-order valence-corrected chi connectivity index (χ3v) is 2.58. The van der Waals surface area contributed by atoms with Gasteiger partial charge in [0.15, 0.2) is 5.76 Å². The van der Waals surface area contributed by atoms with Gasteiger partial charge >= 0.3 is 5.69 Å². The molecule has 0 aromatic carbocycles. The second-order valence-electron chi connectivity index (χ2n) is 3.80. The fraction of sp³-hybridized carbons (Fsp3) is 0.250. The average molecular weight is 248 g/mol. The Labute approximate surface area is 102 Å². The Morgan fingerprint density at radius 2 is 2.22 bits per heavy atom. The molecule has 0 amide bonds. The lowest BCUT2D eigenvalue weighted by molar-refractivity contribution is 0.0943. The summed E-state index contributed by atoms with van der Waals surface area (Å²) in [6.07, 6.45) is 3.28. The molecule has 94 valence electrons. The minimum Gasteiger partial charge on any atom is -0.461 e. The van der Waals surface area contributed by atoms with E-state index in [0.717, 1.165) is 0 Å². The highest BCUT2D eigenvalue weighted by Gasteiger charge is 2.11. The molecule has 0 saturated carbocycles. The lowest BCUT2D eigenvalue weighted by atomic mass is 10.2. The highest BCUT2D eigenvalue weighted by Crippen LogP contribution is 2.02. The van der Waals surface area contributed by atoms with Crippen LogP contribution in [0.4, 0.5) is 0 Å². The first-order valence-electron chi connectivity index (χ1n) is 5.51. The van der Waals surface area contributed by atoms with Crippen molar-refractivity contribution < 1.29 is 9.21 Å². The number of furan rings is 1. The summed E-state index contributed by atoms with van der Waals surface area (Å²) in [5.41, 5.74) is -0.553. The summed E-state index contributed by atoms with van der Waals surface area (Å²) in [6, 6.07) is 3.13. The van der Waals surface area contributed by atoms with Gasteiger partial charge in [0.05, 0.1) is 12.8 Å². The van der Waals surface area contributed by atoms with Crippen LogP contribution in [0.15, 0.2) is 38.6 Å². The highest BCUT2D eigenvalue weighted by atomic mass is 16.3. The summed E-state index contributed by atoms with van der Waals surface area (Å²) in [4.78, 5) is 36.8. The molecule has 2 heterocycles. The van der Waals surface area contributed by atoms with Gasteiger partial charge in [0, 0.05) is 11.8 Å². The Morgan fingerprint density at radius 3 is 2.83 bits per heavy atom. The van der Waals surface area contributed by atoms with E-state index in [4.69, 9.17) is 4.42 Å². The molecule has 2 aromatic rings. The van der Waals surface area contributed by atoms with Gasteiger partial charge in [-0.25, -0.2) is 4.79 Å². The van der Waals surface area contributed by atoms with Crippen LogP contribution in [0.2, 0.25) is 0 Å². The number of hydrogen-bond donors (Lipinski definition) is 1. The van der Waals surface area contributed by atoms with Crippen molar-refractivity contribution in [3.8, 4) is 0 Å². The van der Waals surface area contributed by atoms with Gasteiger partial charge in [-0.15, -0.1) is 0 Å². The lowest BCUT2D eigenvalue weighted by Crippen LogP contribution is -2.33. The van der Waals surface area contributed by atoms with E-state index in [1.165, 1.54) is 23.1 Å². The first kappa shape index (κ1) is 12.1. The maximum Gasteiger partial charge on any atom is 0.328 e. The molecular weight excluding hydrogens is 236 g/mol. The quantitative estimate of drug-likeness (QED) is 0.802. The molecule has 0 radical (unpaired) electrons. The van der Waals surface area contributed by atoms with Crippen LogP contribution >= 0.6 is 0 Å². The summed E-state index contributed by atoms with van der Waals surface area (Å²) in [5.74, 6) is -0.137. The van der Waals surface area contributed by atoms with Gasteiger partial charge in [-0.1, -0.05) is 6.92 Å². The monoisotopic (exact) mass is 248 g/mol. The summed E-state index contributed by atoms with van der Waals surface area (Å²) in [7, 11) is 0. The number of aryl methyl sites for hydroxylation is 1. The van der Waals surface area contributed by atoms with Crippen molar-refractivity contribution in [2.24, 2.45) is 0 Å². The molecule has 0 aliphatic carbocycles. The fourth-order valence-electron chi connectivity index (χ4n) is 1.59. The molecule has 0 atom stereocenters. The number of Topliss-reactive ketones (excluding diaryl/α,β-unsaturated/α-hetero) is 1. The van der Waals surface area contributed by atoms with Gasteiger partial charge in [-0.3, -0.25) is 19.1 Å². The summed E-state index contributed by atoms with van der Waals surface area (Å²) in [6.45, 7) is 1.64. The number of carbonyl (C=O) groups is 1. The predicted octanol–water partition coefficient (Wildman–Crippen LogP) is 0.575. The Balaban J connectivity index is 2.32. The minimum absolute atomic E-state index is 0.157. The van der Waals surface area contributed by atoms with Gasteiger partial charge in [-0.05, 0) is 18.6 Å². The molecule has 2 rings (SSSR count). The summed E-state index contributed by atoms with van der Waals surface area (Å²) >= 11 is 0. The standard InChI is InChI=1S/C12H12N2O4/c1-2-8-6-14(12(17)13-11(8)16)7-9(15)10-4-3-5-18-10/h3-6H,2,7H2,1H3,(H,13,16,17). The largest absolute Gasteiger partial charge is 0.461 e. The first-order chi connectivity index (χ1) is 8.61. The van der Waals surface area contributed by atoms with Gasteiger partial charge in [0.2, 0.25) is 5.78 Å². The number of hydrogen-bond acceptors (Lipinski definition) is 4. The van der Waals surface area contributed by atoms with Crippen molar-refractivity contribution in [3.05, 3.63) is 56.8 Å². The SMILES string of the molecule is CCc1cn(CC(=O)c2ccco2)c(=O)[nH]c1=O. The second kappa shape index (κ2) is 4.87. The van der Waals surface area contributed by atoms with Crippen molar-refractivity contribution in [1.82, 2.24) is 9.55 Å².